The van der Waals surface area contributed by atoms with Crippen molar-refractivity contribution >= 4 is 57.7 Å². The lowest BCUT2D eigenvalue weighted by molar-refractivity contribution is -0.114. The Morgan fingerprint density at radius 3 is 1.24 bits per heavy atom. The van der Waals surface area contributed by atoms with Gasteiger partial charge in [-0.3, -0.25) is 9.59 Å². The number of hydrogen-bond donors (Lipinski definition) is 0. The van der Waals surface area contributed by atoms with E-state index < -0.39 is 0 Å². The van der Waals surface area contributed by atoms with Crippen LogP contribution in [0, 0.1) is 21.7 Å². The van der Waals surface area contributed by atoms with E-state index in [0.717, 1.165) is 39.0 Å². The molecule has 0 aromatic heterocycles. The van der Waals surface area contributed by atoms with Crippen molar-refractivity contribution < 1.29 is 9.59 Å². The SMILES string of the molecule is CC(C)(C)C1=CC(=CN=Nc2ccc(-c3cc(Cl)c(N=NC=C4C=C(C(C)(C)C)C(=O)C(C(C)(C)C)=C4)cc3Cl)cc2Cl)C=C(C(C)(C)C)C1=O. The second-order valence-corrected chi connectivity index (χ2v) is 18.3. The number of Topliss-reactive ketones (excluding diaryl/α,β-unsaturated/α-hetero) is 2. The highest BCUT2D eigenvalue weighted by Crippen LogP contribution is 2.42. The minimum atomic E-state index is -0.327. The Hall–Kier alpha value is -3.71. The van der Waals surface area contributed by atoms with Crippen LogP contribution in [0.3, 0.4) is 0 Å². The van der Waals surface area contributed by atoms with Crippen molar-refractivity contribution in [1.29, 1.82) is 0 Å². The number of hydrogen-bond acceptors (Lipinski definition) is 6. The number of carbonyl (C=O) groups excluding carboxylic acids is 2. The molecule has 0 saturated heterocycles. The second-order valence-electron chi connectivity index (χ2n) is 17.0. The molecular formula is C42H47Cl3N4O2. The van der Waals surface area contributed by atoms with E-state index in [2.05, 4.69) is 20.5 Å². The molecule has 0 N–H and O–H groups in total. The first-order valence-corrected chi connectivity index (χ1v) is 18.0. The van der Waals surface area contributed by atoms with Gasteiger partial charge in [-0.1, -0.05) is 124 Å². The van der Waals surface area contributed by atoms with Crippen LogP contribution >= 0.6 is 34.8 Å². The van der Waals surface area contributed by atoms with Gasteiger partial charge in [0, 0.05) is 27.9 Å². The van der Waals surface area contributed by atoms with Crippen molar-refractivity contribution in [3.8, 4) is 11.1 Å². The van der Waals surface area contributed by atoms with Crippen LogP contribution in [0.5, 0.6) is 0 Å². The van der Waals surface area contributed by atoms with Gasteiger partial charge in [-0.15, -0.1) is 10.2 Å². The minimum Gasteiger partial charge on any atom is -0.289 e. The van der Waals surface area contributed by atoms with Crippen LogP contribution in [0.4, 0.5) is 11.4 Å². The maximum atomic E-state index is 13.2. The second kappa shape index (κ2) is 14.7. The van der Waals surface area contributed by atoms with Crippen molar-refractivity contribution in [2.24, 2.45) is 42.1 Å². The van der Waals surface area contributed by atoms with Crippen LogP contribution in [0.1, 0.15) is 83.1 Å². The highest BCUT2D eigenvalue weighted by atomic mass is 35.5. The fraction of sp³-hybridized carbons (Fsp3) is 0.381. The van der Waals surface area contributed by atoms with Gasteiger partial charge >= 0.3 is 0 Å². The lowest BCUT2D eigenvalue weighted by atomic mass is 9.72. The Morgan fingerprint density at radius 1 is 0.490 bits per heavy atom. The van der Waals surface area contributed by atoms with Gasteiger partial charge in [0.15, 0.2) is 11.6 Å². The van der Waals surface area contributed by atoms with Crippen molar-refractivity contribution in [3.05, 3.63) is 116 Å². The van der Waals surface area contributed by atoms with Crippen molar-refractivity contribution in [2.45, 2.75) is 83.1 Å². The van der Waals surface area contributed by atoms with Crippen LogP contribution in [0.15, 0.2) is 121 Å². The van der Waals surface area contributed by atoms with Crippen LogP contribution in [-0.4, -0.2) is 11.6 Å². The van der Waals surface area contributed by atoms with Gasteiger partial charge in [0.2, 0.25) is 0 Å². The van der Waals surface area contributed by atoms with E-state index in [0.29, 0.717) is 32.0 Å². The monoisotopic (exact) mass is 744 g/mol. The summed E-state index contributed by atoms with van der Waals surface area (Å²) in [6.07, 6.45) is 10.8. The smallest absolute Gasteiger partial charge is 0.186 e. The number of azo groups is 2. The molecule has 0 saturated carbocycles. The molecule has 0 fully saturated rings. The molecule has 2 aliphatic rings. The van der Waals surface area contributed by atoms with Crippen LogP contribution < -0.4 is 0 Å². The van der Waals surface area contributed by atoms with E-state index in [4.69, 9.17) is 34.8 Å². The molecule has 0 spiro atoms. The lowest BCUT2D eigenvalue weighted by Crippen LogP contribution is -2.27. The molecule has 6 nitrogen and oxygen atoms in total. The Bertz CT molecular complexity index is 1960. The molecule has 2 aromatic rings. The maximum absolute atomic E-state index is 13.2. The summed E-state index contributed by atoms with van der Waals surface area (Å²) in [6.45, 7) is 24.3. The van der Waals surface area contributed by atoms with E-state index >= 15 is 0 Å². The Kier molecular flexibility index (Phi) is 11.6. The maximum Gasteiger partial charge on any atom is 0.186 e. The number of ketones is 2. The molecule has 9 heteroatoms. The molecule has 0 amide bonds. The first kappa shape index (κ1) is 40.1. The summed E-state index contributed by atoms with van der Waals surface area (Å²) in [7, 11) is 0. The molecular weight excluding hydrogens is 699 g/mol. The predicted octanol–water partition coefficient (Wildman–Crippen LogP) is 14.3. The van der Waals surface area contributed by atoms with E-state index in [1.807, 2.05) is 113 Å². The first-order valence-electron chi connectivity index (χ1n) is 16.9. The summed E-state index contributed by atoms with van der Waals surface area (Å²) in [4.78, 5) is 26.5. The molecule has 0 radical (unpaired) electrons. The normalized spacial score (nSPS) is 16.5. The molecule has 0 aliphatic heterocycles. The molecule has 0 heterocycles. The fourth-order valence-electron chi connectivity index (χ4n) is 5.59. The summed E-state index contributed by atoms with van der Waals surface area (Å²) in [5, 5.41) is 18.4. The third-order valence-corrected chi connectivity index (χ3v) is 9.41. The van der Waals surface area contributed by atoms with Gasteiger partial charge in [-0.25, -0.2) is 0 Å². The van der Waals surface area contributed by atoms with Gasteiger partial charge in [-0.2, -0.15) is 10.2 Å². The first-order chi connectivity index (χ1) is 23.4. The zero-order valence-electron chi connectivity index (χ0n) is 31.6. The molecule has 4 rings (SSSR count). The molecule has 2 aromatic carbocycles. The van der Waals surface area contributed by atoms with E-state index in [-0.39, 0.29) is 33.2 Å². The van der Waals surface area contributed by atoms with Crippen molar-refractivity contribution in [2.75, 3.05) is 0 Å². The Balaban J connectivity index is 1.59. The molecule has 268 valence electrons. The van der Waals surface area contributed by atoms with Crippen LogP contribution in [0.2, 0.25) is 15.1 Å². The zero-order chi connectivity index (χ0) is 38.3. The van der Waals surface area contributed by atoms with Crippen LogP contribution in [-0.2, 0) is 9.59 Å². The summed E-state index contributed by atoms with van der Waals surface area (Å²) in [5.74, 6) is 0.118. The zero-order valence-corrected chi connectivity index (χ0v) is 33.9. The van der Waals surface area contributed by atoms with Crippen molar-refractivity contribution in [1.82, 2.24) is 0 Å². The van der Waals surface area contributed by atoms with E-state index in [1.165, 1.54) is 0 Å². The predicted molar refractivity (Wildman–Crippen MR) is 212 cm³/mol. The number of halogens is 3. The molecule has 2 aliphatic carbocycles. The van der Waals surface area contributed by atoms with Gasteiger partial charge in [0.1, 0.15) is 11.4 Å². The highest BCUT2D eigenvalue weighted by molar-refractivity contribution is 6.37. The van der Waals surface area contributed by atoms with E-state index in [9.17, 15) is 9.59 Å². The topological polar surface area (TPSA) is 83.6 Å². The number of rotatable bonds is 5. The Labute approximate surface area is 317 Å². The van der Waals surface area contributed by atoms with Crippen molar-refractivity contribution in [3.63, 3.8) is 0 Å². The van der Waals surface area contributed by atoms with Gasteiger partial charge < -0.3 is 0 Å². The third-order valence-electron chi connectivity index (χ3n) is 8.49. The van der Waals surface area contributed by atoms with Gasteiger partial charge in [-0.05, 0) is 86.9 Å². The average Bonchev–Trinajstić information content (AvgIpc) is 2.98. The molecule has 0 bridgehead atoms. The largest absolute Gasteiger partial charge is 0.289 e. The average molecular weight is 746 g/mol. The van der Waals surface area contributed by atoms with Gasteiger partial charge in [0.05, 0.1) is 27.5 Å². The highest BCUT2D eigenvalue weighted by Gasteiger charge is 2.35. The third kappa shape index (κ3) is 9.59. The summed E-state index contributed by atoms with van der Waals surface area (Å²) < 4.78 is 0. The summed E-state index contributed by atoms with van der Waals surface area (Å²) in [6, 6.07) is 8.73. The standard InChI is InChI=1S/C42H47Cl3N4O2/c1-39(2,3)28-15-24(16-29(37(28)50)40(4,5)6)22-46-48-35-14-13-26(19-33(35)44)27-20-34(45)36(21-32(27)43)49-47-23-25-17-30(41(7,8)9)38(51)31(18-25)42(10,11)12/h13-23H,1-12H3. The summed E-state index contributed by atoms with van der Waals surface area (Å²) in [5.41, 5.74) is 5.48. The molecule has 0 unspecified atom stereocenters. The summed E-state index contributed by atoms with van der Waals surface area (Å²) >= 11 is 20.0. The lowest BCUT2D eigenvalue weighted by Gasteiger charge is -2.31. The number of nitrogens with zero attached hydrogens (tertiary/aromatic N) is 4. The number of benzene rings is 2. The van der Waals surface area contributed by atoms with Gasteiger partial charge in [0.25, 0.3) is 0 Å². The molecule has 51 heavy (non-hydrogen) atoms. The fourth-order valence-corrected chi connectivity index (χ4v) is 6.27. The quantitative estimate of drug-likeness (QED) is 0.285. The number of allylic oxidation sites excluding steroid dienone is 10. The Morgan fingerprint density at radius 2 is 0.863 bits per heavy atom. The molecule has 0 atom stereocenters. The van der Waals surface area contributed by atoms with E-state index in [1.54, 1.807) is 36.7 Å². The van der Waals surface area contributed by atoms with Crippen LogP contribution in [0.25, 0.3) is 11.1 Å². The number of carbonyl (C=O) groups is 2. The minimum absolute atomic E-state index is 0.0560.